The number of halogens is 1. The highest BCUT2D eigenvalue weighted by molar-refractivity contribution is 14.1. The molecule has 2 aliphatic rings. The van der Waals surface area contributed by atoms with Crippen LogP contribution in [0.4, 0.5) is 0 Å². The number of nitrogens with one attached hydrogen (secondary N) is 1. The van der Waals surface area contributed by atoms with Crippen molar-refractivity contribution in [1.82, 2.24) is 5.32 Å². The molecule has 142 valence electrons. The van der Waals surface area contributed by atoms with Crippen LogP contribution >= 0.6 is 22.6 Å². The summed E-state index contributed by atoms with van der Waals surface area (Å²) in [5.74, 6) is 1.00. The van der Waals surface area contributed by atoms with Gasteiger partial charge in [-0.1, -0.05) is 42.5 Å². The first kappa shape index (κ1) is 18.0. The zero-order chi connectivity index (χ0) is 19.1. The number of amides is 1. The van der Waals surface area contributed by atoms with E-state index in [2.05, 4.69) is 76.4 Å². The first-order valence-electron chi connectivity index (χ1n) is 9.86. The molecule has 3 aromatic rings. The van der Waals surface area contributed by atoms with E-state index in [1.807, 2.05) is 12.1 Å². The van der Waals surface area contributed by atoms with Crippen LogP contribution in [-0.2, 0) is 11.2 Å². The fourth-order valence-corrected chi connectivity index (χ4v) is 4.94. The number of hydrogen-bond acceptors (Lipinski definition) is 2. The average Bonchev–Trinajstić information content (AvgIpc) is 2.67. The van der Waals surface area contributed by atoms with Crippen molar-refractivity contribution in [2.24, 2.45) is 0 Å². The summed E-state index contributed by atoms with van der Waals surface area (Å²) in [4.78, 5) is 12.9. The highest BCUT2D eigenvalue weighted by atomic mass is 127. The SMILES string of the molecule is O=C(Cc1ccc2ccccc2c1)NC1CC2(CCC2)Oc2ccc(I)cc21. The largest absolute Gasteiger partial charge is 0.487 e. The highest BCUT2D eigenvalue weighted by Gasteiger charge is 2.45. The molecule has 1 aliphatic carbocycles. The molecular formula is C24H22INO2. The van der Waals surface area contributed by atoms with Gasteiger partial charge in [0.25, 0.3) is 0 Å². The normalized spacial score (nSPS) is 19.5. The maximum atomic E-state index is 12.9. The van der Waals surface area contributed by atoms with Crippen LogP contribution in [0.3, 0.4) is 0 Å². The molecule has 1 fully saturated rings. The molecule has 1 unspecified atom stereocenters. The minimum atomic E-state index is -0.0827. The minimum absolute atomic E-state index is 0.0201. The second-order valence-electron chi connectivity index (χ2n) is 8.00. The van der Waals surface area contributed by atoms with Crippen molar-refractivity contribution >= 4 is 39.3 Å². The van der Waals surface area contributed by atoms with E-state index in [0.717, 1.165) is 36.1 Å². The third-order valence-electron chi connectivity index (χ3n) is 6.03. The van der Waals surface area contributed by atoms with Gasteiger partial charge in [0.05, 0.1) is 12.5 Å². The molecule has 4 heteroatoms. The number of fused-ring (bicyclic) bond motifs is 2. The van der Waals surface area contributed by atoms with E-state index in [-0.39, 0.29) is 17.6 Å². The Hall–Kier alpha value is -2.08. The lowest BCUT2D eigenvalue weighted by Crippen LogP contribution is -2.50. The van der Waals surface area contributed by atoms with Gasteiger partial charge in [-0.3, -0.25) is 4.79 Å². The maximum absolute atomic E-state index is 12.9. The van der Waals surface area contributed by atoms with Crippen molar-refractivity contribution in [2.45, 2.75) is 43.7 Å². The Balaban J connectivity index is 1.37. The molecule has 1 aliphatic heterocycles. The zero-order valence-electron chi connectivity index (χ0n) is 15.6. The van der Waals surface area contributed by atoms with Crippen LogP contribution in [0.2, 0.25) is 0 Å². The Labute approximate surface area is 178 Å². The number of carbonyl (C=O) groups excluding carboxylic acids is 1. The molecule has 0 saturated heterocycles. The number of benzene rings is 3. The number of ether oxygens (including phenoxy) is 1. The molecule has 0 radical (unpaired) electrons. The summed E-state index contributed by atoms with van der Waals surface area (Å²) in [5.41, 5.74) is 2.07. The number of carbonyl (C=O) groups is 1. The Morgan fingerprint density at radius 1 is 1.07 bits per heavy atom. The Kier molecular flexibility index (Phi) is 4.54. The molecule has 1 atom stereocenters. The summed E-state index contributed by atoms with van der Waals surface area (Å²) < 4.78 is 7.50. The average molecular weight is 483 g/mol. The van der Waals surface area contributed by atoms with Gasteiger partial charge in [0.15, 0.2) is 0 Å². The summed E-state index contributed by atoms with van der Waals surface area (Å²) in [6, 6.07) is 20.8. The second kappa shape index (κ2) is 7.07. The van der Waals surface area contributed by atoms with E-state index in [1.165, 1.54) is 20.8 Å². The van der Waals surface area contributed by atoms with Crippen LogP contribution < -0.4 is 10.1 Å². The summed E-state index contributed by atoms with van der Waals surface area (Å²) in [6.07, 6.45) is 4.63. The van der Waals surface area contributed by atoms with E-state index in [1.54, 1.807) is 0 Å². The molecule has 3 aromatic carbocycles. The van der Waals surface area contributed by atoms with E-state index >= 15 is 0 Å². The predicted molar refractivity (Wildman–Crippen MR) is 120 cm³/mol. The van der Waals surface area contributed by atoms with Crippen LogP contribution in [0.1, 0.15) is 42.9 Å². The molecule has 0 aromatic heterocycles. The Morgan fingerprint density at radius 3 is 2.68 bits per heavy atom. The summed E-state index contributed by atoms with van der Waals surface area (Å²) in [6.45, 7) is 0. The Bertz CT molecular complexity index is 1060. The summed E-state index contributed by atoms with van der Waals surface area (Å²) >= 11 is 2.32. The second-order valence-corrected chi connectivity index (χ2v) is 9.25. The van der Waals surface area contributed by atoms with Crippen LogP contribution in [0, 0.1) is 3.57 Å². The van der Waals surface area contributed by atoms with Gasteiger partial charge in [0.1, 0.15) is 11.4 Å². The molecular weight excluding hydrogens is 461 g/mol. The minimum Gasteiger partial charge on any atom is -0.487 e. The first-order valence-corrected chi connectivity index (χ1v) is 10.9. The molecule has 3 nitrogen and oxygen atoms in total. The van der Waals surface area contributed by atoms with Gasteiger partial charge in [0.2, 0.25) is 5.91 Å². The fourth-order valence-electron chi connectivity index (χ4n) is 4.43. The predicted octanol–water partition coefficient (Wildman–Crippen LogP) is 5.55. The lowest BCUT2D eigenvalue weighted by Gasteiger charge is -2.48. The summed E-state index contributed by atoms with van der Waals surface area (Å²) in [5, 5.41) is 5.67. The number of rotatable bonds is 3. The standard InChI is InChI=1S/C24H22INO2/c25-19-8-9-22-20(14-19)21(15-24(28-22)10-3-11-24)26-23(27)13-16-6-7-17-4-1-2-5-18(17)12-16/h1-2,4-9,12,14,21H,3,10-11,13,15H2,(H,26,27). The molecule has 1 spiro atoms. The molecule has 0 bridgehead atoms. The molecule has 1 saturated carbocycles. The van der Waals surface area contributed by atoms with Gasteiger partial charge in [-0.25, -0.2) is 0 Å². The van der Waals surface area contributed by atoms with Crippen molar-refractivity contribution in [2.75, 3.05) is 0 Å². The van der Waals surface area contributed by atoms with E-state index in [0.29, 0.717) is 6.42 Å². The van der Waals surface area contributed by atoms with Gasteiger partial charge in [-0.05, 0) is 76.4 Å². The van der Waals surface area contributed by atoms with Crippen LogP contribution in [0.25, 0.3) is 10.8 Å². The van der Waals surface area contributed by atoms with Crippen molar-refractivity contribution in [3.63, 3.8) is 0 Å². The smallest absolute Gasteiger partial charge is 0.224 e. The van der Waals surface area contributed by atoms with E-state index < -0.39 is 0 Å². The molecule has 1 heterocycles. The Morgan fingerprint density at radius 2 is 1.89 bits per heavy atom. The van der Waals surface area contributed by atoms with Gasteiger partial charge in [0, 0.05) is 15.6 Å². The number of hydrogen-bond donors (Lipinski definition) is 1. The van der Waals surface area contributed by atoms with Crippen molar-refractivity contribution < 1.29 is 9.53 Å². The van der Waals surface area contributed by atoms with E-state index in [4.69, 9.17) is 4.74 Å². The lowest BCUT2D eigenvalue weighted by molar-refractivity contribution is -0.122. The van der Waals surface area contributed by atoms with Gasteiger partial charge < -0.3 is 10.1 Å². The zero-order valence-corrected chi connectivity index (χ0v) is 17.7. The van der Waals surface area contributed by atoms with Crippen molar-refractivity contribution in [3.8, 4) is 5.75 Å². The fraction of sp³-hybridized carbons (Fsp3) is 0.292. The maximum Gasteiger partial charge on any atom is 0.224 e. The highest BCUT2D eigenvalue weighted by Crippen LogP contribution is 2.49. The molecule has 1 N–H and O–H groups in total. The first-order chi connectivity index (χ1) is 13.6. The van der Waals surface area contributed by atoms with Gasteiger partial charge in [-0.15, -0.1) is 0 Å². The molecule has 28 heavy (non-hydrogen) atoms. The third-order valence-corrected chi connectivity index (χ3v) is 6.70. The quantitative estimate of drug-likeness (QED) is 0.497. The van der Waals surface area contributed by atoms with Crippen molar-refractivity contribution in [3.05, 3.63) is 75.4 Å². The molecule has 1 amide bonds. The van der Waals surface area contributed by atoms with Crippen LogP contribution in [-0.4, -0.2) is 11.5 Å². The lowest BCUT2D eigenvalue weighted by atomic mass is 9.73. The van der Waals surface area contributed by atoms with Crippen LogP contribution in [0.5, 0.6) is 5.75 Å². The molecule has 5 rings (SSSR count). The van der Waals surface area contributed by atoms with Crippen molar-refractivity contribution in [1.29, 1.82) is 0 Å². The van der Waals surface area contributed by atoms with Gasteiger partial charge >= 0.3 is 0 Å². The van der Waals surface area contributed by atoms with Gasteiger partial charge in [-0.2, -0.15) is 0 Å². The van der Waals surface area contributed by atoms with Crippen LogP contribution in [0.15, 0.2) is 60.7 Å². The monoisotopic (exact) mass is 483 g/mol. The third kappa shape index (κ3) is 3.39. The summed E-state index contributed by atoms with van der Waals surface area (Å²) in [7, 11) is 0. The van der Waals surface area contributed by atoms with E-state index in [9.17, 15) is 4.79 Å². The topological polar surface area (TPSA) is 38.3 Å².